The number of nitrogens with zero attached hydrogens (tertiary/aromatic N) is 1. The number of aliphatic hydroxyl groups excluding tert-OH is 2. The lowest BCUT2D eigenvalue weighted by Gasteiger charge is -2.25. The van der Waals surface area contributed by atoms with E-state index in [2.05, 4.69) is 33.5 Å². The van der Waals surface area contributed by atoms with Crippen LogP contribution >= 0.6 is 0 Å². The van der Waals surface area contributed by atoms with Gasteiger partial charge < -0.3 is 25.4 Å². The number of aromatic nitrogens is 1. The fraction of sp³-hybridized carbons (Fsp3) is 0.550. The second-order valence-corrected chi connectivity index (χ2v) is 6.40. The Bertz CT molecular complexity index is 689. The zero-order chi connectivity index (χ0) is 18.9. The molecule has 0 aliphatic carbocycles. The van der Waals surface area contributed by atoms with Crippen molar-refractivity contribution in [3.8, 4) is 0 Å². The average molecular weight is 361 g/mol. The van der Waals surface area contributed by atoms with Crippen LogP contribution in [0.4, 0.5) is 0 Å². The summed E-state index contributed by atoms with van der Waals surface area (Å²) in [7, 11) is 0. The summed E-state index contributed by atoms with van der Waals surface area (Å²) in [6, 6.07) is 8.10. The number of benzene rings is 1. The minimum Gasteiger partial charge on any atom is -0.394 e. The van der Waals surface area contributed by atoms with Crippen LogP contribution in [0.2, 0.25) is 0 Å². The summed E-state index contributed by atoms with van der Waals surface area (Å²) in [5, 5.41) is 25.3. The molecule has 0 saturated carbocycles. The van der Waals surface area contributed by atoms with Crippen LogP contribution in [-0.4, -0.2) is 53.0 Å². The molecule has 0 radical (unpaired) electrons. The van der Waals surface area contributed by atoms with Gasteiger partial charge >= 0.3 is 0 Å². The lowest BCUT2D eigenvalue weighted by atomic mass is 10.1. The molecule has 144 valence electrons. The second-order valence-electron chi connectivity index (χ2n) is 6.40. The number of fused-ring (bicyclic) bond motifs is 1. The van der Waals surface area contributed by atoms with E-state index < -0.39 is 6.04 Å². The quantitative estimate of drug-likeness (QED) is 0.630. The first-order chi connectivity index (χ1) is 12.7. The molecule has 3 rings (SSSR count). The van der Waals surface area contributed by atoms with Crippen molar-refractivity contribution < 1.29 is 15.0 Å². The molecule has 26 heavy (non-hydrogen) atoms. The van der Waals surface area contributed by atoms with Crippen LogP contribution in [-0.2, 0) is 11.2 Å². The van der Waals surface area contributed by atoms with E-state index in [0.29, 0.717) is 6.04 Å². The monoisotopic (exact) mass is 361 g/mol. The van der Waals surface area contributed by atoms with Crippen LogP contribution in [0.5, 0.6) is 0 Å². The first-order valence-electron chi connectivity index (χ1n) is 9.52. The van der Waals surface area contributed by atoms with E-state index in [1.807, 2.05) is 26.0 Å². The predicted molar refractivity (Wildman–Crippen MR) is 104 cm³/mol. The molecule has 0 atom stereocenters. The van der Waals surface area contributed by atoms with Crippen LogP contribution in [0, 0.1) is 0 Å². The Kier molecular flexibility index (Phi) is 8.09. The van der Waals surface area contributed by atoms with Gasteiger partial charge in [-0.1, -0.05) is 26.0 Å². The summed E-state index contributed by atoms with van der Waals surface area (Å²) in [5.74, 6) is -0.192. The largest absolute Gasteiger partial charge is 0.394 e. The minimum absolute atomic E-state index is 0.192. The molecule has 1 aromatic heterocycles. The number of piperidine rings is 1. The standard InChI is InChI=1S/C18H25N3O3.C2H6/c22-11-15(12-23)20-18(24)10-13-1-2-14-5-8-21(17(14)9-13)16-3-6-19-7-4-16;1-2/h1-2,5,8-9,15-16,19,22-23H,3-4,6-7,10-12H2,(H,20,24);1-2H3. The highest BCUT2D eigenvalue weighted by molar-refractivity contribution is 5.84. The number of rotatable bonds is 6. The Morgan fingerprint density at radius 3 is 2.58 bits per heavy atom. The maximum atomic E-state index is 12.1. The number of hydrogen-bond donors (Lipinski definition) is 4. The molecule has 1 aliphatic heterocycles. The highest BCUT2D eigenvalue weighted by Gasteiger charge is 2.17. The van der Waals surface area contributed by atoms with Gasteiger partial charge in [-0.05, 0) is 49.0 Å². The van der Waals surface area contributed by atoms with Gasteiger partial charge in [0.25, 0.3) is 0 Å². The third kappa shape index (κ3) is 5.06. The molecule has 6 nitrogen and oxygen atoms in total. The fourth-order valence-corrected chi connectivity index (χ4v) is 3.32. The number of amides is 1. The van der Waals surface area contributed by atoms with Crippen LogP contribution in [0.1, 0.15) is 38.3 Å². The molecule has 1 fully saturated rings. The molecule has 0 unspecified atom stereocenters. The Morgan fingerprint density at radius 1 is 1.23 bits per heavy atom. The summed E-state index contributed by atoms with van der Waals surface area (Å²) in [5.41, 5.74) is 2.09. The molecule has 1 amide bonds. The van der Waals surface area contributed by atoms with Crippen molar-refractivity contribution in [3.63, 3.8) is 0 Å². The summed E-state index contributed by atoms with van der Waals surface area (Å²) in [4.78, 5) is 12.1. The summed E-state index contributed by atoms with van der Waals surface area (Å²) < 4.78 is 2.32. The fourth-order valence-electron chi connectivity index (χ4n) is 3.32. The van der Waals surface area contributed by atoms with E-state index in [9.17, 15) is 4.79 Å². The Hall–Kier alpha value is -1.89. The van der Waals surface area contributed by atoms with E-state index in [0.717, 1.165) is 37.0 Å². The van der Waals surface area contributed by atoms with E-state index in [-0.39, 0.29) is 25.5 Å². The van der Waals surface area contributed by atoms with Crippen molar-refractivity contribution in [1.29, 1.82) is 0 Å². The third-order valence-corrected chi connectivity index (χ3v) is 4.66. The molecule has 1 aromatic carbocycles. The zero-order valence-electron chi connectivity index (χ0n) is 15.7. The smallest absolute Gasteiger partial charge is 0.224 e. The van der Waals surface area contributed by atoms with Crippen LogP contribution < -0.4 is 10.6 Å². The molecule has 6 heteroatoms. The van der Waals surface area contributed by atoms with Crippen molar-refractivity contribution in [3.05, 3.63) is 36.0 Å². The van der Waals surface area contributed by atoms with Crippen molar-refractivity contribution in [2.45, 2.75) is 45.2 Å². The summed E-state index contributed by atoms with van der Waals surface area (Å²) in [6.45, 7) is 5.55. The normalized spacial score (nSPS) is 15.0. The Balaban J connectivity index is 0.00000117. The van der Waals surface area contributed by atoms with Gasteiger partial charge in [0.15, 0.2) is 0 Å². The molecule has 4 N–H and O–H groups in total. The lowest BCUT2D eigenvalue weighted by Crippen LogP contribution is -2.40. The molecule has 1 aliphatic rings. The van der Waals surface area contributed by atoms with Gasteiger partial charge in [-0.25, -0.2) is 0 Å². The topological polar surface area (TPSA) is 86.5 Å². The van der Waals surface area contributed by atoms with Crippen LogP contribution in [0.3, 0.4) is 0 Å². The van der Waals surface area contributed by atoms with Gasteiger partial charge in [0.2, 0.25) is 5.91 Å². The minimum atomic E-state index is -0.597. The SMILES string of the molecule is CC.O=C(Cc1ccc2ccn(C3CCNCC3)c2c1)NC(CO)CO. The maximum Gasteiger partial charge on any atom is 0.224 e. The van der Waals surface area contributed by atoms with Crippen molar-refractivity contribution in [2.75, 3.05) is 26.3 Å². The first kappa shape index (κ1) is 20.4. The summed E-state index contributed by atoms with van der Waals surface area (Å²) in [6.07, 6.45) is 4.61. The number of aliphatic hydroxyl groups is 2. The molecule has 2 heterocycles. The highest BCUT2D eigenvalue weighted by Crippen LogP contribution is 2.26. The van der Waals surface area contributed by atoms with Crippen LogP contribution in [0.15, 0.2) is 30.5 Å². The molecule has 0 spiro atoms. The predicted octanol–water partition coefficient (Wildman–Crippen LogP) is 1.60. The average Bonchev–Trinajstić information content (AvgIpc) is 3.11. The van der Waals surface area contributed by atoms with E-state index in [1.165, 1.54) is 5.39 Å². The Labute approximate surface area is 155 Å². The highest BCUT2D eigenvalue weighted by atomic mass is 16.3. The van der Waals surface area contributed by atoms with E-state index in [4.69, 9.17) is 10.2 Å². The van der Waals surface area contributed by atoms with Gasteiger partial charge in [0.1, 0.15) is 0 Å². The van der Waals surface area contributed by atoms with Crippen molar-refractivity contribution >= 4 is 16.8 Å². The maximum absolute atomic E-state index is 12.1. The number of carbonyl (C=O) groups is 1. The molecular formula is C20H31N3O3. The van der Waals surface area contributed by atoms with E-state index >= 15 is 0 Å². The van der Waals surface area contributed by atoms with Crippen molar-refractivity contribution in [1.82, 2.24) is 15.2 Å². The molecule has 0 bridgehead atoms. The molecule has 2 aromatic rings. The van der Waals surface area contributed by atoms with E-state index in [1.54, 1.807) is 0 Å². The van der Waals surface area contributed by atoms with Gasteiger partial charge in [0.05, 0.1) is 25.7 Å². The third-order valence-electron chi connectivity index (χ3n) is 4.66. The number of hydrogen-bond acceptors (Lipinski definition) is 4. The lowest BCUT2D eigenvalue weighted by molar-refractivity contribution is -0.121. The summed E-state index contributed by atoms with van der Waals surface area (Å²) >= 11 is 0. The first-order valence-corrected chi connectivity index (χ1v) is 9.52. The van der Waals surface area contributed by atoms with Crippen LogP contribution in [0.25, 0.3) is 10.9 Å². The number of carbonyl (C=O) groups excluding carboxylic acids is 1. The van der Waals surface area contributed by atoms with Gasteiger partial charge in [-0.3, -0.25) is 4.79 Å². The van der Waals surface area contributed by atoms with Gasteiger partial charge in [-0.2, -0.15) is 0 Å². The van der Waals surface area contributed by atoms with Gasteiger partial charge in [-0.15, -0.1) is 0 Å². The Morgan fingerprint density at radius 2 is 1.92 bits per heavy atom. The van der Waals surface area contributed by atoms with Gasteiger partial charge in [0, 0.05) is 17.8 Å². The zero-order valence-corrected chi connectivity index (χ0v) is 15.7. The molecular weight excluding hydrogens is 330 g/mol. The second kappa shape index (κ2) is 10.3. The van der Waals surface area contributed by atoms with Crippen molar-refractivity contribution in [2.24, 2.45) is 0 Å². The number of nitrogens with one attached hydrogen (secondary N) is 2. The molecule has 1 saturated heterocycles.